The van der Waals surface area contributed by atoms with Crippen molar-refractivity contribution in [3.63, 3.8) is 0 Å². The first-order valence-electron chi connectivity index (χ1n) is 5.86. The molecule has 1 aromatic carbocycles. The van der Waals surface area contributed by atoms with Crippen LogP contribution in [0.1, 0.15) is 5.56 Å². The van der Waals surface area contributed by atoms with Crippen molar-refractivity contribution >= 4 is 5.82 Å². The zero-order valence-corrected chi connectivity index (χ0v) is 10.4. The summed E-state index contributed by atoms with van der Waals surface area (Å²) in [4.78, 5) is 7.82. The molecule has 20 heavy (non-hydrogen) atoms. The van der Waals surface area contributed by atoms with Crippen molar-refractivity contribution in [1.29, 1.82) is 0 Å². The maximum Gasteiger partial charge on any atom is 0.419 e. The number of aromatic nitrogens is 2. The van der Waals surface area contributed by atoms with Gasteiger partial charge in [0.1, 0.15) is 18.2 Å². The van der Waals surface area contributed by atoms with Crippen LogP contribution in [0.3, 0.4) is 0 Å². The molecule has 0 spiro atoms. The first-order chi connectivity index (χ1) is 9.57. The molecular formula is C13H12F3N3O. The number of rotatable bonds is 5. The van der Waals surface area contributed by atoms with E-state index in [4.69, 9.17) is 4.74 Å². The molecule has 0 saturated heterocycles. The molecule has 0 atom stereocenters. The molecule has 0 saturated carbocycles. The summed E-state index contributed by atoms with van der Waals surface area (Å²) < 4.78 is 43.3. The van der Waals surface area contributed by atoms with Crippen molar-refractivity contribution in [1.82, 2.24) is 9.97 Å². The first-order valence-corrected chi connectivity index (χ1v) is 5.86. The predicted octanol–water partition coefficient (Wildman–Crippen LogP) is 2.99. The molecule has 0 aliphatic heterocycles. The number of benzene rings is 1. The zero-order chi connectivity index (χ0) is 14.4. The van der Waals surface area contributed by atoms with Gasteiger partial charge in [0.2, 0.25) is 0 Å². The van der Waals surface area contributed by atoms with Crippen LogP contribution in [0.5, 0.6) is 5.75 Å². The second-order valence-electron chi connectivity index (χ2n) is 3.86. The Kier molecular flexibility index (Phi) is 4.39. The Morgan fingerprint density at radius 3 is 2.65 bits per heavy atom. The fourth-order valence-electron chi connectivity index (χ4n) is 1.56. The molecule has 0 radical (unpaired) electrons. The fourth-order valence-corrected chi connectivity index (χ4v) is 1.56. The van der Waals surface area contributed by atoms with Gasteiger partial charge in [-0.2, -0.15) is 13.2 Å². The number of hydrogen-bond acceptors (Lipinski definition) is 4. The SMILES string of the molecule is FC(F)(F)c1ccccc1OCCNc1cnccn1. The molecule has 0 amide bonds. The van der Waals surface area contributed by atoms with Gasteiger partial charge < -0.3 is 10.1 Å². The van der Waals surface area contributed by atoms with Crippen LogP contribution in [-0.4, -0.2) is 23.1 Å². The number of anilines is 1. The largest absolute Gasteiger partial charge is 0.491 e. The molecule has 0 unspecified atom stereocenters. The summed E-state index contributed by atoms with van der Waals surface area (Å²) in [6.45, 7) is 0.411. The van der Waals surface area contributed by atoms with Crippen molar-refractivity contribution in [3.8, 4) is 5.75 Å². The summed E-state index contributed by atoms with van der Waals surface area (Å²) in [5.41, 5.74) is -0.778. The van der Waals surface area contributed by atoms with Crippen molar-refractivity contribution in [2.75, 3.05) is 18.5 Å². The molecule has 1 N–H and O–H groups in total. The molecule has 2 aromatic rings. The standard InChI is InChI=1S/C13H12F3N3O/c14-13(15,16)10-3-1-2-4-11(10)20-8-7-19-12-9-17-5-6-18-12/h1-6,9H,7-8H2,(H,18,19). The Hall–Kier alpha value is -2.31. The highest BCUT2D eigenvalue weighted by Crippen LogP contribution is 2.35. The van der Waals surface area contributed by atoms with E-state index in [9.17, 15) is 13.2 Å². The van der Waals surface area contributed by atoms with Crippen LogP contribution < -0.4 is 10.1 Å². The summed E-state index contributed by atoms with van der Waals surface area (Å²) >= 11 is 0. The maximum atomic E-state index is 12.7. The van der Waals surface area contributed by atoms with E-state index in [0.29, 0.717) is 12.4 Å². The smallest absolute Gasteiger partial charge is 0.419 e. The van der Waals surface area contributed by atoms with Crippen molar-refractivity contribution in [2.45, 2.75) is 6.18 Å². The Labute approximate surface area is 113 Å². The second kappa shape index (κ2) is 6.23. The molecule has 0 aliphatic carbocycles. The fraction of sp³-hybridized carbons (Fsp3) is 0.231. The molecule has 0 aliphatic rings. The van der Waals surface area contributed by atoms with E-state index in [-0.39, 0.29) is 12.4 Å². The van der Waals surface area contributed by atoms with Gasteiger partial charge in [0.25, 0.3) is 0 Å². The molecular weight excluding hydrogens is 271 g/mol. The van der Waals surface area contributed by atoms with Gasteiger partial charge in [0, 0.05) is 12.4 Å². The quantitative estimate of drug-likeness (QED) is 0.857. The molecule has 0 bridgehead atoms. The van der Waals surface area contributed by atoms with Gasteiger partial charge in [0.05, 0.1) is 18.3 Å². The van der Waals surface area contributed by atoms with Gasteiger partial charge in [-0.05, 0) is 12.1 Å². The summed E-state index contributed by atoms with van der Waals surface area (Å²) in [6, 6.07) is 5.12. The van der Waals surface area contributed by atoms with E-state index in [1.54, 1.807) is 0 Å². The Morgan fingerprint density at radius 1 is 1.15 bits per heavy atom. The Bertz CT molecular complexity index is 546. The number of alkyl halides is 3. The topological polar surface area (TPSA) is 47.0 Å². The molecule has 4 nitrogen and oxygen atoms in total. The lowest BCUT2D eigenvalue weighted by atomic mass is 10.2. The van der Waals surface area contributed by atoms with Crippen molar-refractivity contribution < 1.29 is 17.9 Å². The minimum absolute atomic E-state index is 0.0870. The van der Waals surface area contributed by atoms with Crippen LogP contribution in [0.4, 0.5) is 19.0 Å². The average molecular weight is 283 g/mol. The minimum atomic E-state index is -4.42. The van der Waals surface area contributed by atoms with Crippen LogP contribution in [0.15, 0.2) is 42.9 Å². The normalized spacial score (nSPS) is 11.2. The monoisotopic (exact) mass is 283 g/mol. The maximum absolute atomic E-state index is 12.7. The number of hydrogen-bond donors (Lipinski definition) is 1. The van der Waals surface area contributed by atoms with E-state index in [0.717, 1.165) is 6.07 Å². The Balaban J connectivity index is 1.89. The first kappa shape index (κ1) is 14.1. The third-order valence-corrected chi connectivity index (χ3v) is 2.42. The van der Waals surface area contributed by atoms with E-state index in [1.165, 1.54) is 36.8 Å². The van der Waals surface area contributed by atoms with Gasteiger partial charge in [-0.15, -0.1) is 0 Å². The van der Waals surface area contributed by atoms with Gasteiger partial charge in [-0.1, -0.05) is 12.1 Å². The average Bonchev–Trinajstić information content (AvgIpc) is 2.44. The van der Waals surface area contributed by atoms with Crippen molar-refractivity contribution in [3.05, 3.63) is 48.4 Å². The van der Waals surface area contributed by atoms with Crippen LogP contribution in [0.2, 0.25) is 0 Å². The van der Waals surface area contributed by atoms with Crippen LogP contribution >= 0.6 is 0 Å². The van der Waals surface area contributed by atoms with Gasteiger partial charge in [0.15, 0.2) is 0 Å². The molecule has 1 heterocycles. The third kappa shape index (κ3) is 3.84. The molecule has 7 heteroatoms. The van der Waals surface area contributed by atoms with Crippen LogP contribution in [-0.2, 0) is 6.18 Å². The molecule has 2 rings (SSSR count). The van der Waals surface area contributed by atoms with E-state index in [1.807, 2.05) is 0 Å². The van der Waals surface area contributed by atoms with Crippen molar-refractivity contribution in [2.24, 2.45) is 0 Å². The summed E-state index contributed by atoms with van der Waals surface area (Å²) in [7, 11) is 0. The number of ether oxygens (including phenoxy) is 1. The summed E-state index contributed by atoms with van der Waals surface area (Å²) in [6.07, 6.45) is 0.141. The van der Waals surface area contributed by atoms with E-state index >= 15 is 0 Å². The molecule has 1 aromatic heterocycles. The highest BCUT2D eigenvalue weighted by atomic mass is 19.4. The highest BCUT2D eigenvalue weighted by molar-refractivity contribution is 5.35. The number of para-hydroxylation sites is 1. The highest BCUT2D eigenvalue weighted by Gasteiger charge is 2.33. The predicted molar refractivity (Wildman–Crippen MR) is 67.5 cm³/mol. The van der Waals surface area contributed by atoms with Gasteiger partial charge in [-0.25, -0.2) is 4.98 Å². The van der Waals surface area contributed by atoms with Crippen LogP contribution in [0, 0.1) is 0 Å². The minimum Gasteiger partial charge on any atom is -0.491 e. The zero-order valence-electron chi connectivity index (χ0n) is 10.4. The Morgan fingerprint density at radius 2 is 1.95 bits per heavy atom. The van der Waals surface area contributed by atoms with Gasteiger partial charge in [-0.3, -0.25) is 4.98 Å². The number of halogens is 3. The molecule has 0 fully saturated rings. The summed E-state index contributed by atoms with van der Waals surface area (Å²) in [5.74, 6) is 0.362. The summed E-state index contributed by atoms with van der Waals surface area (Å²) in [5, 5.41) is 2.89. The third-order valence-electron chi connectivity index (χ3n) is 2.42. The lowest BCUT2D eigenvalue weighted by Gasteiger charge is -2.13. The number of nitrogens with one attached hydrogen (secondary N) is 1. The van der Waals surface area contributed by atoms with Crippen LogP contribution in [0.25, 0.3) is 0 Å². The van der Waals surface area contributed by atoms with E-state index < -0.39 is 11.7 Å². The van der Waals surface area contributed by atoms with Gasteiger partial charge >= 0.3 is 6.18 Å². The lowest BCUT2D eigenvalue weighted by molar-refractivity contribution is -0.138. The second-order valence-corrected chi connectivity index (χ2v) is 3.86. The van der Waals surface area contributed by atoms with E-state index in [2.05, 4.69) is 15.3 Å². The lowest BCUT2D eigenvalue weighted by Crippen LogP contribution is -2.15. The molecule has 106 valence electrons. The number of nitrogens with zero attached hydrogens (tertiary/aromatic N) is 2.